The van der Waals surface area contributed by atoms with Crippen molar-refractivity contribution < 1.29 is 19.4 Å². The second kappa shape index (κ2) is 6.43. The first kappa shape index (κ1) is 14.4. The smallest absolute Gasteiger partial charge is 0.345 e. The molecule has 20 heavy (non-hydrogen) atoms. The molecule has 0 saturated heterocycles. The molecule has 1 N–H and O–H groups in total. The van der Waals surface area contributed by atoms with E-state index in [0.717, 1.165) is 10.4 Å². The molecule has 0 unspecified atom stereocenters. The highest BCUT2D eigenvalue weighted by Gasteiger charge is 2.11. The Morgan fingerprint density at radius 1 is 1.10 bits per heavy atom. The molecule has 0 saturated carbocycles. The lowest BCUT2D eigenvalue weighted by molar-refractivity contribution is 0.0702. The van der Waals surface area contributed by atoms with Gasteiger partial charge in [0.05, 0.1) is 13.2 Å². The minimum Gasteiger partial charge on any atom is -0.490 e. The highest BCUT2D eigenvalue weighted by Crippen LogP contribution is 2.35. The zero-order chi connectivity index (χ0) is 14.5. The second-order valence-electron chi connectivity index (χ2n) is 4.00. The van der Waals surface area contributed by atoms with Gasteiger partial charge in [0.1, 0.15) is 4.88 Å². The largest absolute Gasteiger partial charge is 0.490 e. The van der Waals surface area contributed by atoms with Gasteiger partial charge in [0.25, 0.3) is 0 Å². The van der Waals surface area contributed by atoms with E-state index in [-0.39, 0.29) is 0 Å². The molecule has 106 valence electrons. The summed E-state index contributed by atoms with van der Waals surface area (Å²) in [5.74, 6) is 0.474. The molecule has 0 aliphatic heterocycles. The van der Waals surface area contributed by atoms with E-state index in [1.807, 2.05) is 32.0 Å². The van der Waals surface area contributed by atoms with Gasteiger partial charge < -0.3 is 14.6 Å². The molecule has 0 aliphatic rings. The van der Waals surface area contributed by atoms with E-state index in [9.17, 15) is 4.79 Å². The molecule has 4 nitrogen and oxygen atoms in total. The number of carboxylic acids is 1. The minimum atomic E-state index is -0.905. The molecule has 2 rings (SSSR count). The third-order valence-corrected chi connectivity index (χ3v) is 3.77. The number of thiophene rings is 1. The van der Waals surface area contributed by atoms with Gasteiger partial charge in [0.2, 0.25) is 0 Å². The van der Waals surface area contributed by atoms with Gasteiger partial charge >= 0.3 is 5.97 Å². The topological polar surface area (TPSA) is 55.8 Å². The molecular formula is C15H16O4S. The first-order valence-electron chi connectivity index (χ1n) is 6.38. The lowest BCUT2D eigenvalue weighted by Crippen LogP contribution is -1.98. The molecule has 0 radical (unpaired) electrons. The van der Waals surface area contributed by atoms with Crippen molar-refractivity contribution in [1.29, 1.82) is 0 Å². The number of carbonyl (C=O) groups is 1. The summed E-state index contributed by atoms with van der Waals surface area (Å²) >= 11 is 1.24. The first-order valence-corrected chi connectivity index (χ1v) is 7.20. The molecule has 1 aromatic heterocycles. The lowest BCUT2D eigenvalue weighted by atomic mass is 10.1. The highest BCUT2D eigenvalue weighted by molar-refractivity contribution is 7.17. The zero-order valence-corrected chi connectivity index (χ0v) is 12.2. The first-order chi connectivity index (χ1) is 9.65. The lowest BCUT2D eigenvalue weighted by Gasteiger charge is -2.11. The number of hydrogen-bond donors (Lipinski definition) is 1. The van der Waals surface area contributed by atoms with Gasteiger partial charge in [0, 0.05) is 4.88 Å². The quantitative estimate of drug-likeness (QED) is 0.877. The van der Waals surface area contributed by atoms with Crippen LogP contribution in [0.2, 0.25) is 0 Å². The Bertz CT molecular complexity index is 604. The monoisotopic (exact) mass is 292 g/mol. The van der Waals surface area contributed by atoms with E-state index in [0.29, 0.717) is 29.6 Å². The van der Waals surface area contributed by atoms with Crippen LogP contribution in [0, 0.1) is 0 Å². The van der Waals surface area contributed by atoms with E-state index < -0.39 is 5.97 Å². The average molecular weight is 292 g/mol. The molecule has 0 aliphatic carbocycles. The Kier molecular flexibility index (Phi) is 4.63. The maximum atomic E-state index is 10.9. The summed E-state index contributed by atoms with van der Waals surface area (Å²) in [6, 6.07) is 9.06. The van der Waals surface area contributed by atoms with Gasteiger partial charge in [-0.25, -0.2) is 4.79 Å². The summed E-state index contributed by atoms with van der Waals surface area (Å²) in [7, 11) is 0. The van der Waals surface area contributed by atoms with E-state index >= 15 is 0 Å². The number of hydrogen-bond acceptors (Lipinski definition) is 4. The van der Waals surface area contributed by atoms with Crippen molar-refractivity contribution in [3.8, 4) is 21.9 Å². The van der Waals surface area contributed by atoms with Crippen LogP contribution in [0.4, 0.5) is 0 Å². The zero-order valence-electron chi connectivity index (χ0n) is 11.4. The maximum Gasteiger partial charge on any atom is 0.345 e. The average Bonchev–Trinajstić information content (AvgIpc) is 2.91. The van der Waals surface area contributed by atoms with Crippen molar-refractivity contribution in [2.75, 3.05) is 13.2 Å². The molecule has 2 aromatic rings. The number of aromatic carboxylic acids is 1. The Balaban J connectivity index is 2.36. The van der Waals surface area contributed by atoms with Crippen LogP contribution in [0.1, 0.15) is 23.5 Å². The van der Waals surface area contributed by atoms with E-state index in [2.05, 4.69) is 0 Å². The number of rotatable bonds is 6. The van der Waals surface area contributed by atoms with Gasteiger partial charge in [-0.05, 0) is 49.7 Å². The molecule has 0 atom stereocenters. The van der Waals surface area contributed by atoms with Crippen molar-refractivity contribution in [2.45, 2.75) is 13.8 Å². The Morgan fingerprint density at radius 2 is 1.80 bits per heavy atom. The van der Waals surface area contributed by atoms with Crippen LogP contribution >= 0.6 is 11.3 Å². The van der Waals surface area contributed by atoms with Crippen LogP contribution < -0.4 is 9.47 Å². The fourth-order valence-electron chi connectivity index (χ4n) is 1.81. The Labute approximate surface area is 121 Å². The molecule has 1 heterocycles. The molecule has 0 amide bonds. The molecule has 0 bridgehead atoms. The molecule has 5 heteroatoms. The number of carboxylic acid groups (broad SMARTS) is 1. The normalized spacial score (nSPS) is 10.3. The van der Waals surface area contributed by atoms with Gasteiger partial charge in [-0.3, -0.25) is 0 Å². The summed E-state index contributed by atoms with van der Waals surface area (Å²) in [4.78, 5) is 12.1. The summed E-state index contributed by atoms with van der Waals surface area (Å²) in [5.41, 5.74) is 0.925. The standard InChI is InChI=1S/C15H16O4S/c1-3-18-11-6-5-10(9-12(11)19-4-2)13-7-8-14(20-13)15(16)17/h5-9H,3-4H2,1-2H3,(H,16,17). The molecule has 0 spiro atoms. The molecule has 0 fully saturated rings. The van der Waals surface area contributed by atoms with Gasteiger partial charge in [-0.15, -0.1) is 11.3 Å². The minimum absolute atomic E-state index is 0.326. The molecular weight excluding hydrogens is 276 g/mol. The van der Waals surface area contributed by atoms with Crippen LogP contribution in [0.15, 0.2) is 30.3 Å². The SMILES string of the molecule is CCOc1ccc(-c2ccc(C(=O)O)s2)cc1OCC. The summed E-state index contributed by atoms with van der Waals surface area (Å²) in [6.45, 7) is 4.95. The third-order valence-electron chi connectivity index (χ3n) is 2.64. The maximum absolute atomic E-state index is 10.9. The van der Waals surface area contributed by atoms with Gasteiger partial charge in [0.15, 0.2) is 11.5 Å². The summed E-state index contributed by atoms with van der Waals surface area (Å²) in [5, 5.41) is 8.96. The van der Waals surface area contributed by atoms with Crippen LogP contribution in [0.3, 0.4) is 0 Å². The van der Waals surface area contributed by atoms with E-state index in [1.54, 1.807) is 12.1 Å². The van der Waals surface area contributed by atoms with Gasteiger partial charge in [-0.1, -0.05) is 0 Å². The summed E-state index contributed by atoms with van der Waals surface area (Å²) < 4.78 is 11.1. The predicted molar refractivity (Wildman–Crippen MR) is 79.1 cm³/mol. The third kappa shape index (κ3) is 3.11. The van der Waals surface area contributed by atoms with Crippen molar-refractivity contribution in [2.24, 2.45) is 0 Å². The van der Waals surface area contributed by atoms with Crippen molar-refractivity contribution in [3.63, 3.8) is 0 Å². The Morgan fingerprint density at radius 3 is 2.40 bits per heavy atom. The predicted octanol–water partition coefficient (Wildman–Crippen LogP) is 3.91. The highest BCUT2D eigenvalue weighted by atomic mass is 32.1. The Hall–Kier alpha value is -2.01. The second-order valence-corrected chi connectivity index (χ2v) is 5.08. The fraction of sp³-hybridized carbons (Fsp3) is 0.267. The van der Waals surface area contributed by atoms with E-state index in [4.69, 9.17) is 14.6 Å². The number of benzene rings is 1. The van der Waals surface area contributed by atoms with Crippen LogP contribution in [0.5, 0.6) is 11.5 Å². The van der Waals surface area contributed by atoms with Gasteiger partial charge in [-0.2, -0.15) is 0 Å². The van der Waals surface area contributed by atoms with Crippen molar-refractivity contribution in [1.82, 2.24) is 0 Å². The summed E-state index contributed by atoms with van der Waals surface area (Å²) in [6.07, 6.45) is 0. The van der Waals surface area contributed by atoms with Crippen molar-refractivity contribution >= 4 is 17.3 Å². The fourth-order valence-corrected chi connectivity index (χ4v) is 2.65. The van der Waals surface area contributed by atoms with Crippen molar-refractivity contribution in [3.05, 3.63) is 35.2 Å². The number of ether oxygens (including phenoxy) is 2. The van der Waals surface area contributed by atoms with Crippen LogP contribution in [-0.4, -0.2) is 24.3 Å². The van der Waals surface area contributed by atoms with Crippen LogP contribution in [0.25, 0.3) is 10.4 Å². The van der Waals surface area contributed by atoms with Crippen LogP contribution in [-0.2, 0) is 0 Å². The van der Waals surface area contributed by atoms with E-state index in [1.165, 1.54) is 11.3 Å². The molecule has 1 aromatic carbocycles.